The zero-order valence-electron chi connectivity index (χ0n) is 13.8. The summed E-state index contributed by atoms with van der Waals surface area (Å²) in [5.74, 6) is -0.389. The first-order chi connectivity index (χ1) is 10.8. The van der Waals surface area contributed by atoms with E-state index in [2.05, 4.69) is 9.62 Å². The molecular formula is C15H23FN2O4S. The maximum absolute atomic E-state index is 14.2. The van der Waals surface area contributed by atoms with Gasteiger partial charge in [0.2, 0.25) is 10.0 Å². The molecule has 1 aromatic carbocycles. The standard InChI is InChI=1S/C15H23FN2O4S/c1-5-18-8-10(2)12(9-18)17-23(19,20)15-7-14(22-4)13(21-3)6-11(15)16/h6-7,10,12,17H,5,8-9H2,1-4H3/t10-,12-/m0/s1. The maximum Gasteiger partial charge on any atom is 0.243 e. The van der Waals surface area contributed by atoms with Gasteiger partial charge in [0.1, 0.15) is 10.7 Å². The fraction of sp³-hybridized carbons (Fsp3) is 0.600. The number of nitrogens with zero attached hydrogens (tertiary/aromatic N) is 1. The van der Waals surface area contributed by atoms with Crippen molar-refractivity contribution in [2.75, 3.05) is 33.9 Å². The number of rotatable bonds is 6. The second-order valence-corrected chi connectivity index (χ2v) is 7.38. The monoisotopic (exact) mass is 346 g/mol. The second kappa shape index (κ2) is 7.02. The highest BCUT2D eigenvalue weighted by Crippen LogP contribution is 2.32. The summed E-state index contributed by atoms with van der Waals surface area (Å²) in [7, 11) is -1.25. The van der Waals surface area contributed by atoms with Gasteiger partial charge in [-0.2, -0.15) is 0 Å². The molecule has 1 aliphatic heterocycles. The number of hydrogen-bond donors (Lipinski definition) is 1. The minimum Gasteiger partial charge on any atom is -0.493 e. The number of nitrogens with one attached hydrogen (secondary N) is 1. The molecule has 0 aliphatic carbocycles. The molecule has 0 unspecified atom stereocenters. The average Bonchev–Trinajstić information content (AvgIpc) is 2.86. The molecule has 1 N–H and O–H groups in total. The molecule has 0 bridgehead atoms. The highest BCUT2D eigenvalue weighted by atomic mass is 32.2. The summed E-state index contributed by atoms with van der Waals surface area (Å²) in [6.45, 7) is 6.29. The van der Waals surface area contributed by atoms with Crippen molar-refractivity contribution in [1.29, 1.82) is 0 Å². The van der Waals surface area contributed by atoms with Crippen molar-refractivity contribution < 1.29 is 22.3 Å². The number of likely N-dealkylation sites (N-methyl/N-ethyl adjacent to an activating group) is 1. The van der Waals surface area contributed by atoms with Gasteiger partial charge in [-0.25, -0.2) is 17.5 Å². The number of hydrogen-bond acceptors (Lipinski definition) is 5. The van der Waals surface area contributed by atoms with Gasteiger partial charge < -0.3 is 14.4 Å². The smallest absolute Gasteiger partial charge is 0.243 e. The maximum atomic E-state index is 14.2. The molecule has 0 radical (unpaired) electrons. The zero-order chi connectivity index (χ0) is 17.2. The third-order valence-electron chi connectivity index (χ3n) is 4.17. The molecule has 1 aliphatic rings. The molecule has 1 heterocycles. The van der Waals surface area contributed by atoms with Crippen molar-refractivity contribution in [3.8, 4) is 11.5 Å². The Labute approximate surface area is 136 Å². The van der Waals surface area contributed by atoms with Crippen molar-refractivity contribution in [2.24, 2.45) is 5.92 Å². The van der Waals surface area contributed by atoms with E-state index in [1.807, 2.05) is 13.8 Å². The Morgan fingerprint density at radius 2 is 1.87 bits per heavy atom. The van der Waals surface area contributed by atoms with Crippen LogP contribution in [0, 0.1) is 11.7 Å². The number of halogens is 1. The van der Waals surface area contributed by atoms with E-state index in [1.54, 1.807) is 0 Å². The fourth-order valence-corrected chi connectivity index (χ4v) is 4.19. The first-order valence-electron chi connectivity index (χ1n) is 7.48. The molecule has 130 valence electrons. The summed E-state index contributed by atoms with van der Waals surface area (Å²) in [6, 6.07) is 1.92. The first kappa shape index (κ1) is 18.0. The molecule has 0 amide bonds. The summed E-state index contributed by atoms with van der Waals surface area (Å²) < 4.78 is 51.9. The molecule has 8 heteroatoms. The van der Waals surface area contributed by atoms with Crippen LogP contribution in [0.4, 0.5) is 4.39 Å². The lowest BCUT2D eigenvalue weighted by molar-refractivity contribution is 0.344. The number of ether oxygens (including phenoxy) is 2. The topological polar surface area (TPSA) is 67.9 Å². The predicted molar refractivity (Wildman–Crippen MR) is 84.9 cm³/mol. The van der Waals surface area contributed by atoms with Gasteiger partial charge in [0.25, 0.3) is 0 Å². The molecule has 1 saturated heterocycles. The molecule has 2 rings (SSSR count). The highest BCUT2D eigenvalue weighted by molar-refractivity contribution is 7.89. The molecule has 1 aromatic rings. The highest BCUT2D eigenvalue weighted by Gasteiger charge is 2.33. The lowest BCUT2D eigenvalue weighted by Crippen LogP contribution is -2.40. The van der Waals surface area contributed by atoms with E-state index >= 15 is 0 Å². The van der Waals surface area contributed by atoms with E-state index in [-0.39, 0.29) is 23.5 Å². The Morgan fingerprint density at radius 1 is 1.26 bits per heavy atom. The van der Waals surface area contributed by atoms with E-state index in [0.717, 1.165) is 25.2 Å². The van der Waals surface area contributed by atoms with E-state index in [4.69, 9.17) is 9.47 Å². The first-order valence-corrected chi connectivity index (χ1v) is 8.96. The van der Waals surface area contributed by atoms with Crippen LogP contribution in [-0.2, 0) is 10.0 Å². The third kappa shape index (κ3) is 3.76. The van der Waals surface area contributed by atoms with Crippen LogP contribution >= 0.6 is 0 Å². The Bertz CT molecular complexity index is 666. The van der Waals surface area contributed by atoms with Gasteiger partial charge in [0, 0.05) is 31.3 Å². The van der Waals surface area contributed by atoms with Gasteiger partial charge in [0.05, 0.1) is 14.2 Å². The summed E-state index contributed by atoms with van der Waals surface area (Å²) in [6.07, 6.45) is 0. The Morgan fingerprint density at radius 3 is 2.39 bits per heavy atom. The molecule has 2 atom stereocenters. The molecule has 23 heavy (non-hydrogen) atoms. The number of benzene rings is 1. The lowest BCUT2D eigenvalue weighted by atomic mass is 10.1. The lowest BCUT2D eigenvalue weighted by Gasteiger charge is -2.18. The molecule has 0 saturated carbocycles. The normalized spacial score (nSPS) is 22.3. The quantitative estimate of drug-likeness (QED) is 0.845. The van der Waals surface area contributed by atoms with Gasteiger partial charge in [-0.05, 0) is 12.5 Å². The van der Waals surface area contributed by atoms with Crippen molar-refractivity contribution in [1.82, 2.24) is 9.62 Å². The molecule has 0 spiro atoms. The van der Waals surface area contributed by atoms with E-state index in [0.29, 0.717) is 6.54 Å². The summed E-state index contributed by atoms with van der Waals surface area (Å²) in [5.41, 5.74) is 0. The van der Waals surface area contributed by atoms with Crippen molar-refractivity contribution in [2.45, 2.75) is 24.8 Å². The van der Waals surface area contributed by atoms with Crippen LogP contribution in [0.3, 0.4) is 0 Å². The van der Waals surface area contributed by atoms with E-state index < -0.39 is 20.7 Å². The summed E-state index contributed by atoms with van der Waals surface area (Å²) in [4.78, 5) is 1.72. The molecule has 1 fully saturated rings. The summed E-state index contributed by atoms with van der Waals surface area (Å²) in [5, 5.41) is 0. The van der Waals surface area contributed by atoms with Gasteiger partial charge in [0.15, 0.2) is 11.5 Å². The Kier molecular flexibility index (Phi) is 5.49. The number of methoxy groups -OCH3 is 2. The number of likely N-dealkylation sites (tertiary alicyclic amines) is 1. The Balaban J connectivity index is 2.29. The van der Waals surface area contributed by atoms with Crippen LogP contribution < -0.4 is 14.2 Å². The minimum atomic E-state index is -3.98. The molecular weight excluding hydrogens is 323 g/mol. The second-order valence-electron chi connectivity index (χ2n) is 5.69. The Hall–Kier alpha value is -1.38. The van der Waals surface area contributed by atoms with Crippen LogP contribution in [0.25, 0.3) is 0 Å². The van der Waals surface area contributed by atoms with Crippen LogP contribution in [0.2, 0.25) is 0 Å². The average molecular weight is 346 g/mol. The van der Waals surface area contributed by atoms with E-state index in [9.17, 15) is 12.8 Å². The van der Waals surface area contributed by atoms with Crippen molar-refractivity contribution in [3.05, 3.63) is 17.9 Å². The number of sulfonamides is 1. The van der Waals surface area contributed by atoms with Gasteiger partial charge in [-0.15, -0.1) is 0 Å². The van der Waals surface area contributed by atoms with Gasteiger partial charge in [-0.3, -0.25) is 0 Å². The fourth-order valence-electron chi connectivity index (χ4n) is 2.78. The largest absolute Gasteiger partial charge is 0.493 e. The predicted octanol–water partition coefficient (Wildman–Crippen LogP) is 1.46. The van der Waals surface area contributed by atoms with Crippen molar-refractivity contribution in [3.63, 3.8) is 0 Å². The van der Waals surface area contributed by atoms with Crippen molar-refractivity contribution >= 4 is 10.0 Å². The minimum absolute atomic E-state index is 0.148. The zero-order valence-corrected chi connectivity index (χ0v) is 14.6. The van der Waals surface area contributed by atoms with Crippen LogP contribution in [0.5, 0.6) is 11.5 Å². The molecule has 0 aromatic heterocycles. The van der Waals surface area contributed by atoms with Crippen LogP contribution in [-0.4, -0.2) is 53.2 Å². The van der Waals surface area contributed by atoms with Gasteiger partial charge >= 0.3 is 0 Å². The van der Waals surface area contributed by atoms with Crippen LogP contribution in [0.1, 0.15) is 13.8 Å². The van der Waals surface area contributed by atoms with Crippen LogP contribution in [0.15, 0.2) is 17.0 Å². The molecule has 6 nitrogen and oxygen atoms in total. The third-order valence-corrected chi connectivity index (χ3v) is 5.67. The van der Waals surface area contributed by atoms with E-state index in [1.165, 1.54) is 14.2 Å². The van der Waals surface area contributed by atoms with Gasteiger partial charge in [-0.1, -0.05) is 13.8 Å². The summed E-state index contributed by atoms with van der Waals surface area (Å²) >= 11 is 0. The SMILES string of the molecule is CCN1C[C@H](NS(=O)(=O)c2cc(OC)c(OC)cc2F)[C@@H](C)C1.